The molecule has 0 spiro atoms. The van der Waals surface area contributed by atoms with E-state index in [-0.39, 0.29) is 11.6 Å². The van der Waals surface area contributed by atoms with E-state index in [0.29, 0.717) is 17.7 Å². The van der Waals surface area contributed by atoms with E-state index >= 15 is 0 Å². The first-order valence-corrected chi connectivity index (χ1v) is 7.98. The molecule has 0 saturated carbocycles. The smallest absolute Gasteiger partial charge is 0.273 e. The number of hydrogen-bond donors (Lipinski definition) is 3. The summed E-state index contributed by atoms with van der Waals surface area (Å²) in [6, 6.07) is 15.3. The average Bonchev–Trinajstić information content (AvgIpc) is 3.13. The Hall–Kier alpha value is -3.61. The van der Waals surface area contributed by atoms with Gasteiger partial charge in [0.25, 0.3) is 5.91 Å². The van der Waals surface area contributed by atoms with Gasteiger partial charge in [-0.25, -0.2) is 4.98 Å². The topological polar surface area (TPSA) is 124 Å². The third-order valence-electron chi connectivity index (χ3n) is 3.83. The van der Waals surface area contributed by atoms with Crippen LogP contribution in [0.25, 0.3) is 11.5 Å². The lowest BCUT2D eigenvalue weighted by Gasteiger charge is -2.14. The number of nitrogens with two attached hydrogens (primary N) is 2. The fourth-order valence-electron chi connectivity index (χ4n) is 2.44. The van der Waals surface area contributed by atoms with E-state index in [4.69, 9.17) is 15.9 Å². The predicted octanol–water partition coefficient (Wildman–Crippen LogP) is 1.75. The van der Waals surface area contributed by atoms with Gasteiger partial charge in [0.15, 0.2) is 5.69 Å². The van der Waals surface area contributed by atoms with E-state index in [1.54, 1.807) is 24.3 Å². The summed E-state index contributed by atoms with van der Waals surface area (Å²) in [6.07, 6.45) is 1.53. The number of amides is 2. The minimum atomic E-state index is -0.846. The minimum Gasteiger partial charge on any atom is -0.444 e. The van der Waals surface area contributed by atoms with Gasteiger partial charge < -0.3 is 21.2 Å². The van der Waals surface area contributed by atoms with Crippen LogP contribution in [0.1, 0.15) is 16.1 Å². The number of primary amides is 1. The van der Waals surface area contributed by atoms with Crippen molar-refractivity contribution in [2.45, 2.75) is 12.5 Å². The van der Waals surface area contributed by atoms with Crippen LogP contribution in [0.15, 0.2) is 65.3 Å². The summed E-state index contributed by atoms with van der Waals surface area (Å²) in [5.74, 6) is -0.867. The van der Waals surface area contributed by atoms with Crippen molar-refractivity contribution in [3.8, 4) is 11.5 Å². The van der Waals surface area contributed by atoms with Crippen LogP contribution in [0.3, 0.4) is 0 Å². The highest BCUT2D eigenvalue weighted by Crippen LogP contribution is 2.20. The van der Waals surface area contributed by atoms with Gasteiger partial charge in [-0.3, -0.25) is 9.59 Å². The molecular formula is C19H18N4O3. The lowest BCUT2D eigenvalue weighted by Crippen LogP contribution is -2.45. The molecule has 132 valence electrons. The maximum absolute atomic E-state index is 12.4. The molecule has 1 aromatic heterocycles. The van der Waals surface area contributed by atoms with Crippen molar-refractivity contribution in [3.63, 3.8) is 0 Å². The van der Waals surface area contributed by atoms with Gasteiger partial charge in [0.05, 0.1) is 0 Å². The summed E-state index contributed by atoms with van der Waals surface area (Å²) in [4.78, 5) is 28.2. The molecule has 2 amide bonds. The second-order valence-electron chi connectivity index (χ2n) is 5.78. The van der Waals surface area contributed by atoms with Crippen LogP contribution < -0.4 is 16.8 Å². The van der Waals surface area contributed by atoms with E-state index < -0.39 is 17.9 Å². The van der Waals surface area contributed by atoms with Crippen LogP contribution >= 0.6 is 0 Å². The zero-order valence-corrected chi connectivity index (χ0v) is 13.9. The molecule has 3 rings (SSSR count). The SMILES string of the molecule is NC(=O)C(Cc1ccccc1)NC(=O)c1coc(-c2ccc(N)cc2)n1. The Morgan fingerprint density at radius 2 is 1.77 bits per heavy atom. The number of nitrogen functional groups attached to an aromatic ring is 1. The first-order chi connectivity index (χ1) is 12.5. The Labute approximate surface area is 150 Å². The van der Waals surface area contributed by atoms with E-state index in [0.717, 1.165) is 5.56 Å². The number of carbonyl (C=O) groups is 2. The molecule has 0 bridgehead atoms. The Kier molecular flexibility index (Phi) is 4.98. The molecule has 0 aliphatic carbocycles. The number of hydrogen-bond acceptors (Lipinski definition) is 5. The van der Waals surface area contributed by atoms with E-state index in [9.17, 15) is 9.59 Å². The zero-order chi connectivity index (χ0) is 18.5. The van der Waals surface area contributed by atoms with Gasteiger partial charge in [-0.2, -0.15) is 0 Å². The van der Waals surface area contributed by atoms with Gasteiger partial charge in [0, 0.05) is 17.7 Å². The standard InChI is InChI=1S/C19H18N4O3/c20-14-8-6-13(7-9-14)19-23-16(11-26-19)18(25)22-15(17(21)24)10-12-4-2-1-3-5-12/h1-9,11,15H,10,20H2,(H2,21,24)(H,22,25). The fraction of sp³-hybridized carbons (Fsp3) is 0.105. The minimum absolute atomic E-state index is 0.0659. The lowest BCUT2D eigenvalue weighted by molar-refractivity contribution is -0.119. The monoisotopic (exact) mass is 350 g/mol. The zero-order valence-electron chi connectivity index (χ0n) is 13.9. The number of nitrogens with zero attached hydrogens (tertiary/aromatic N) is 1. The van der Waals surface area contributed by atoms with Gasteiger partial charge in [-0.05, 0) is 29.8 Å². The first-order valence-electron chi connectivity index (χ1n) is 7.98. The molecular weight excluding hydrogens is 332 g/mol. The number of aromatic nitrogens is 1. The second-order valence-corrected chi connectivity index (χ2v) is 5.78. The highest BCUT2D eigenvalue weighted by Gasteiger charge is 2.21. The number of benzene rings is 2. The normalized spacial score (nSPS) is 11.7. The lowest BCUT2D eigenvalue weighted by atomic mass is 10.1. The molecule has 7 heteroatoms. The van der Waals surface area contributed by atoms with Gasteiger partial charge in [-0.1, -0.05) is 30.3 Å². The molecule has 1 unspecified atom stereocenters. The van der Waals surface area contributed by atoms with Crippen molar-refractivity contribution in [2.75, 3.05) is 5.73 Å². The fourth-order valence-corrected chi connectivity index (χ4v) is 2.44. The number of anilines is 1. The Morgan fingerprint density at radius 3 is 2.42 bits per heavy atom. The van der Waals surface area contributed by atoms with Crippen molar-refractivity contribution >= 4 is 17.5 Å². The molecule has 2 aromatic carbocycles. The second kappa shape index (κ2) is 7.52. The van der Waals surface area contributed by atoms with E-state index in [2.05, 4.69) is 10.3 Å². The van der Waals surface area contributed by atoms with E-state index in [1.807, 2.05) is 30.3 Å². The van der Waals surface area contributed by atoms with Crippen LogP contribution in [0.4, 0.5) is 5.69 Å². The largest absolute Gasteiger partial charge is 0.444 e. The van der Waals surface area contributed by atoms with Gasteiger partial charge in [0.1, 0.15) is 12.3 Å². The summed E-state index contributed by atoms with van der Waals surface area (Å²) < 4.78 is 5.34. The molecule has 7 nitrogen and oxygen atoms in total. The maximum atomic E-state index is 12.4. The van der Waals surface area contributed by atoms with Crippen LogP contribution in [-0.2, 0) is 11.2 Å². The van der Waals surface area contributed by atoms with Crippen molar-refractivity contribution in [3.05, 3.63) is 72.1 Å². The summed E-state index contributed by atoms with van der Waals surface area (Å²) >= 11 is 0. The number of rotatable bonds is 6. The first kappa shape index (κ1) is 17.2. The molecule has 0 saturated heterocycles. The summed E-state index contributed by atoms with van der Waals surface area (Å²) in [5.41, 5.74) is 13.3. The number of nitrogens with one attached hydrogen (secondary N) is 1. The summed E-state index contributed by atoms with van der Waals surface area (Å²) in [7, 11) is 0. The van der Waals surface area contributed by atoms with Crippen LogP contribution in [-0.4, -0.2) is 22.8 Å². The molecule has 1 heterocycles. The number of oxazole rings is 1. The Balaban J connectivity index is 1.72. The average molecular weight is 350 g/mol. The molecule has 5 N–H and O–H groups in total. The highest BCUT2D eigenvalue weighted by molar-refractivity contribution is 5.96. The number of carbonyl (C=O) groups excluding carboxylic acids is 2. The van der Waals surface area contributed by atoms with Crippen molar-refractivity contribution in [1.29, 1.82) is 0 Å². The van der Waals surface area contributed by atoms with Crippen LogP contribution in [0.5, 0.6) is 0 Å². The third-order valence-corrected chi connectivity index (χ3v) is 3.83. The molecule has 0 fully saturated rings. The van der Waals surface area contributed by atoms with Gasteiger partial charge in [0.2, 0.25) is 11.8 Å². The quantitative estimate of drug-likeness (QED) is 0.584. The molecule has 26 heavy (non-hydrogen) atoms. The van der Waals surface area contributed by atoms with Crippen molar-refractivity contribution < 1.29 is 14.0 Å². The molecule has 0 aliphatic rings. The van der Waals surface area contributed by atoms with Crippen molar-refractivity contribution in [1.82, 2.24) is 10.3 Å². The molecule has 1 atom stereocenters. The van der Waals surface area contributed by atoms with Gasteiger partial charge >= 0.3 is 0 Å². The van der Waals surface area contributed by atoms with Crippen LogP contribution in [0, 0.1) is 0 Å². The molecule has 3 aromatic rings. The highest BCUT2D eigenvalue weighted by atomic mass is 16.3. The maximum Gasteiger partial charge on any atom is 0.273 e. The molecule has 0 aliphatic heterocycles. The third kappa shape index (κ3) is 4.07. The summed E-state index contributed by atoms with van der Waals surface area (Å²) in [6.45, 7) is 0. The predicted molar refractivity (Wildman–Crippen MR) is 96.9 cm³/mol. The molecule has 0 radical (unpaired) electrons. The Bertz CT molecular complexity index is 904. The van der Waals surface area contributed by atoms with Crippen LogP contribution in [0.2, 0.25) is 0 Å². The van der Waals surface area contributed by atoms with E-state index in [1.165, 1.54) is 6.26 Å². The van der Waals surface area contributed by atoms with Gasteiger partial charge in [-0.15, -0.1) is 0 Å². The Morgan fingerprint density at radius 1 is 1.08 bits per heavy atom. The van der Waals surface area contributed by atoms with Crippen molar-refractivity contribution in [2.24, 2.45) is 5.73 Å². The summed E-state index contributed by atoms with van der Waals surface area (Å²) in [5, 5.41) is 2.60.